The number of rotatable bonds is 6. The maximum absolute atomic E-state index is 13.4. The third-order valence-electron chi connectivity index (χ3n) is 6.97. The van der Waals surface area contributed by atoms with Crippen LogP contribution in [-0.4, -0.2) is 78.3 Å². The van der Waals surface area contributed by atoms with Crippen LogP contribution >= 0.6 is 34.7 Å². The lowest BCUT2D eigenvalue weighted by molar-refractivity contribution is -0.134. The molecule has 1 aromatic heterocycles. The van der Waals surface area contributed by atoms with Gasteiger partial charge < -0.3 is 19.4 Å². The fourth-order valence-corrected chi connectivity index (χ4v) is 7.19. The van der Waals surface area contributed by atoms with E-state index in [9.17, 15) is 14.4 Å². The van der Waals surface area contributed by atoms with Gasteiger partial charge in [-0.3, -0.25) is 9.59 Å². The third kappa shape index (κ3) is 4.88. The monoisotopic (exact) mass is 534 g/mol. The van der Waals surface area contributed by atoms with Crippen molar-refractivity contribution in [2.24, 2.45) is 0 Å². The second-order valence-corrected chi connectivity index (χ2v) is 12.1. The van der Waals surface area contributed by atoms with Crippen molar-refractivity contribution in [3.63, 3.8) is 0 Å². The second-order valence-electron chi connectivity index (χ2n) is 9.15. The van der Waals surface area contributed by atoms with Crippen LogP contribution in [0.25, 0.3) is 0 Å². The van der Waals surface area contributed by atoms with Gasteiger partial charge in [-0.25, -0.2) is 9.78 Å². The smallest absolute Gasteiger partial charge is 0.409 e. The number of hydrogen-bond donors (Lipinski definition) is 0. The summed E-state index contributed by atoms with van der Waals surface area (Å²) in [5.74, 6) is 0.897. The fraction of sp³-hybridized carbons (Fsp3) is 0.500. The molecular weight excluding hydrogens is 508 g/mol. The molecule has 3 aliphatic heterocycles. The summed E-state index contributed by atoms with van der Waals surface area (Å²) in [6, 6.07) is 5.61. The normalized spacial score (nSPS) is 20.8. The van der Waals surface area contributed by atoms with E-state index in [4.69, 9.17) is 16.3 Å². The molecule has 1 spiro atoms. The number of likely N-dealkylation sites (tertiary alicyclic amines) is 2. The Morgan fingerprint density at radius 3 is 2.74 bits per heavy atom. The van der Waals surface area contributed by atoms with Crippen LogP contribution in [0.5, 0.6) is 0 Å². The number of hydrogen-bond acceptors (Lipinski definition) is 7. The molecule has 5 rings (SSSR count). The Hall–Kier alpha value is -2.30. The Kier molecular flexibility index (Phi) is 6.96. The van der Waals surface area contributed by atoms with Gasteiger partial charge in [-0.1, -0.05) is 11.6 Å². The lowest BCUT2D eigenvalue weighted by Gasteiger charge is -2.30. The summed E-state index contributed by atoms with van der Waals surface area (Å²) in [6.07, 6.45) is 4.01. The molecule has 35 heavy (non-hydrogen) atoms. The van der Waals surface area contributed by atoms with Crippen LogP contribution in [0.1, 0.15) is 29.8 Å². The number of aromatic nitrogens is 1. The van der Waals surface area contributed by atoms with Gasteiger partial charge in [-0.05, 0) is 36.6 Å². The van der Waals surface area contributed by atoms with Gasteiger partial charge in [-0.15, -0.1) is 23.1 Å². The van der Waals surface area contributed by atoms with Gasteiger partial charge in [0.2, 0.25) is 11.8 Å². The Morgan fingerprint density at radius 2 is 2.00 bits per heavy atom. The number of benzene rings is 1. The average molecular weight is 535 g/mol. The summed E-state index contributed by atoms with van der Waals surface area (Å²) in [7, 11) is 1.38. The molecule has 4 heterocycles. The molecular formula is C24H27ClN4O4S2. The Labute approximate surface area is 217 Å². The number of thiazole rings is 1. The summed E-state index contributed by atoms with van der Waals surface area (Å²) in [6.45, 7) is 3.33. The molecule has 2 saturated heterocycles. The van der Waals surface area contributed by atoms with Gasteiger partial charge in [0.1, 0.15) is 5.01 Å². The zero-order valence-corrected chi connectivity index (χ0v) is 21.9. The number of thioether (sulfide) groups is 1. The minimum Gasteiger partial charge on any atom is -0.453 e. The van der Waals surface area contributed by atoms with Crippen LogP contribution in [0.2, 0.25) is 5.02 Å². The number of anilines is 1. The molecule has 186 valence electrons. The molecule has 11 heteroatoms. The molecule has 1 aromatic carbocycles. The van der Waals surface area contributed by atoms with Crippen molar-refractivity contribution >= 4 is 58.3 Å². The maximum Gasteiger partial charge on any atom is 0.409 e. The SMILES string of the molecule is COC(=O)N1CCC2(C1)CN(C(=O)Cc1ncc(SCCC(=O)N3CCC3)s1)c1ccc(Cl)cc12. The molecule has 1 unspecified atom stereocenters. The van der Waals surface area contributed by atoms with Crippen molar-refractivity contribution in [3.8, 4) is 0 Å². The van der Waals surface area contributed by atoms with Gasteiger partial charge in [0.05, 0.1) is 23.9 Å². The molecule has 2 aromatic rings. The van der Waals surface area contributed by atoms with Gasteiger partial charge >= 0.3 is 6.09 Å². The molecule has 0 aliphatic carbocycles. The average Bonchev–Trinajstić information content (AvgIpc) is 3.51. The fourth-order valence-electron chi connectivity index (χ4n) is 5.00. The Morgan fingerprint density at radius 1 is 1.17 bits per heavy atom. The van der Waals surface area contributed by atoms with Crippen molar-refractivity contribution in [2.75, 3.05) is 50.5 Å². The van der Waals surface area contributed by atoms with Crippen LogP contribution < -0.4 is 4.90 Å². The maximum atomic E-state index is 13.4. The van der Waals surface area contributed by atoms with E-state index in [1.165, 1.54) is 18.4 Å². The lowest BCUT2D eigenvalue weighted by atomic mass is 9.81. The standard InChI is InChI=1S/C24H27ClN4O4S2/c1-33-23(32)28-9-6-24(14-28)15-29(18-4-3-16(25)11-17(18)24)21(31)12-19-26-13-22(35-19)34-10-5-20(30)27-7-2-8-27/h3-4,11,13H,2,5-10,12,14-15H2,1H3. The Bertz CT molecular complexity index is 1150. The van der Waals surface area contributed by atoms with Crippen LogP contribution in [0.4, 0.5) is 10.5 Å². The highest BCUT2D eigenvalue weighted by atomic mass is 35.5. The molecule has 0 radical (unpaired) electrons. The minimum atomic E-state index is -0.352. The van der Waals surface area contributed by atoms with Crippen LogP contribution in [0, 0.1) is 0 Å². The first-order valence-electron chi connectivity index (χ1n) is 11.7. The van der Waals surface area contributed by atoms with E-state index < -0.39 is 0 Å². The van der Waals surface area contributed by atoms with E-state index in [1.54, 1.807) is 28.9 Å². The first kappa shape index (κ1) is 24.4. The van der Waals surface area contributed by atoms with Crippen molar-refractivity contribution in [3.05, 3.63) is 40.0 Å². The van der Waals surface area contributed by atoms with Gasteiger partial charge in [0, 0.05) is 61.0 Å². The highest BCUT2D eigenvalue weighted by molar-refractivity contribution is 8.01. The van der Waals surface area contributed by atoms with E-state index in [0.29, 0.717) is 36.8 Å². The first-order valence-corrected chi connectivity index (χ1v) is 13.9. The van der Waals surface area contributed by atoms with Crippen molar-refractivity contribution in [1.29, 1.82) is 0 Å². The minimum absolute atomic E-state index is 0.0270. The largest absolute Gasteiger partial charge is 0.453 e. The second kappa shape index (κ2) is 9.99. The zero-order chi connectivity index (χ0) is 24.6. The number of carbonyl (C=O) groups excluding carboxylic acids is 3. The molecule has 0 bridgehead atoms. The van der Waals surface area contributed by atoms with E-state index in [1.807, 2.05) is 21.9 Å². The highest BCUT2D eigenvalue weighted by Gasteiger charge is 2.50. The van der Waals surface area contributed by atoms with E-state index in [-0.39, 0.29) is 29.7 Å². The highest BCUT2D eigenvalue weighted by Crippen LogP contribution is 2.47. The third-order valence-corrected chi connectivity index (χ3v) is 9.40. The predicted molar refractivity (Wildman–Crippen MR) is 136 cm³/mol. The Balaban J connectivity index is 1.24. The molecule has 8 nitrogen and oxygen atoms in total. The lowest BCUT2D eigenvalue weighted by Crippen LogP contribution is -2.42. The molecule has 2 fully saturated rings. The van der Waals surface area contributed by atoms with Crippen molar-refractivity contribution < 1.29 is 19.1 Å². The molecule has 1 atom stereocenters. The molecule has 3 amide bonds. The number of halogens is 1. The topological polar surface area (TPSA) is 83.0 Å². The summed E-state index contributed by atoms with van der Waals surface area (Å²) in [4.78, 5) is 47.4. The summed E-state index contributed by atoms with van der Waals surface area (Å²) in [5.41, 5.74) is 1.51. The number of methoxy groups -OCH3 is 1. The number of amides is 3. The van der Waals surface area contributed by atoms with Crippen molar-refractivity contribution in [1.82, 2.24) is 14.8 Å². The number of fused-ring (bicyclic) bond motifs is 2. The quantitative estimate of drug-likeness (QED) is 0.524. The summed E-state index contributed by atoms with van der Waals surface area (Å²) >= 11 is 9.43. The van der Waals surface area contributed by atoms with E-state index >= 15 is 0 Å². The number of ether oxygens (including phenoxy) is 1. The molecule has 3 aliphatic rings. The summed E-state index contributed by atoms with van der Waals surface area (Å²) < 4.78 is 5.93. The number of carbonyl (C=O) groups is 3. The van der Waals surface area contributed by atoms with Gasteiger partial charge in [-0.2, -0.15) is 0 Å². The van der Waals surface area contributed by atoms with E-state index in [2.05, 4.69) is 4.98 Å². The van der Waals surface area contributed by atoms with Crippen LogP contribution in [0.3, 0.4) is 0 Å². The van der Waals surface area contributed by atoms with Gasteiger partial charge in [0.25, 0.3) is 0 Å². The first-order chi connectivity index (χ1) is 16.9. The molecule has 0 N–H and O–H groups in total. The van der Waals surface area contributed by atoms with Crippen LogP contribution in [-0.2, 0) is 26.2 Å². The van der Waals surface area contributed by atoms with Crippen molar-refractivity contribution in [2.45, 2.75) is 35.3 Å². The summed E-state index contributed by atoms with van der Waals surface area (Å²) in [5, 5.41) is 1.37. The predicted octanol–water partition coefficient (Wildman–Crippen LogP) is 3.81. The zero-order valence-electron chi connectivity index (χ0n) is 19.5. The van der Waals surface area contributed by atoms with Gasteiger partial charge in [0.15, 0.2) is 0 Å². The molecule has 0 saturated carbocycles. The van der Waals surface area contributed by atoms with Crippen LogP contribution in [0.15, 0.2) is 28.6 Å². The van der Waals surface area contributed by atoms with E-state index in [0.717, 1.165) is 46.4 Å². The number of nitrogens with zero attached hydrogens (tertiary/aromatic N) is 4.